The highest BCUT2D eigenvalue weighted by atomic mass is 35.5. The molecule has 0 saturated heterocycles. The summed E-state index contributed by atoms with van der Waals surface area (Å²) in [4.78, 5) is 9.24. The fraction of sp³-hybridized carbons (Fsp3) is 0.600. The van der Waals surface area contributed by atoms with Crippen molar-refractivity contribution >= 4 is 22.8 Å². The highest BCUT2D eigenvalue weighted by Gasteiger charge is 2.33. The zero-order chi connectivity index (χ0) is 13.6. The normalized spacial score (nSPS) is 22.2. The molecule has 0 aliphatic heterocycles. The molecule has 3 nitrogen and oxygen atoms in total. The van der Waals surface area contributed by atoms with Gasteiger partial charge in [0.25, 0.3) is 0 Å². The van der Waals surface area contributed by atoms with E-state index in [2.05, 4.69) is 34.4 Å². The molecule has 0 aromatic carbocycles. The van der Waals surface area contributed by atoms with Crippen molar-refractivity contribution in [3.05, 3.63) is 23.7 Å². The van der Waals surface area contributed by atoms with Gasteiger partial charge in [-0.3, -0.25) is 0 Å². The minimum absolute atomic E-state index is 0.412. The van der Waals surface area contributed by atoms with Crippen LogP contribution in [-0.4, -0.2) is 14.5 Å². The molecule has 0 N–H and O–H groups in total. The van der Waals surface area contributed by atoms with Crippen LogP contribution in [0.5, 0.6) is 0 Å². The molecule has 1 aliphatic carbocycles. The number of pyridine rings is 1. The van der Waals surface area contributed by atoms with Gasteiger partial charge in [0.05, 0.1) is 5.88 Å². The van der Waals surface area contributed by atoms with Gasteiger partial charge in [0.2, 0.25) is 0 Å². The number of alkyl halides is 1. The second-order valence-corrected chi connectivity index (χ2v) is 6.72. The maximum Gasteiger partial charge on any atom is 0.160 e. The second-order valence-electron chi connectivity index (χ2n) is 6.45. The lowest BCUT2D eigenvalue weighted by Gasteiger charge is -2.19. The SMILES string of the molecule is Cc1cnc2c(c1)nc(CCl)n2C1CCC(C)(C)C1. The van der Waals surface area contributed by atoms with Gasteiger partial charge in [0.1, 0.15) is 11.3 Å². The van der Waals surface area contributed by atoms with Crippen LogP contribution in [0.15, 0.2) is 12.3 Å². The maximum absolute atomic E-state index is 6.08. The Morgan fingerprint density at radius 1 is 1.47 bits per heavy atom. The highest BCUT2D eigenvalue weighted by molar-refractivity contribution is 6.16. The zero-order valence-corrected chi connectivity index (χ0v) is 12.5. The fourth-order valence-electron chi connectivity index (χ4n) is 3.23. The number of imidazole rings is 1. The second kappa shape index (κ2) is 4.48. The van der Waals surface area contributed by atoms with Crippen molar-refractivity contribution in [1.29, 1.82) is 0 Å². The molecule has 1 atom stereocenters. The van der Waals surface area contributed by atoms with Crippen LogP contribution in [0.3, 0.4) is 0 Å². The van der Waals surface area contributed by atoms with E-state index >= 15 is 0 Å². The lowest BCUT2D eigenvalue weighted by Crippen LogP contribution is -2.12. The number of nitrogens with zero attached hydrogens (tertiary/aromatic N) is 3. The van der Waals surface area contributed by atoms with Gasteiger partial charge in [-0.2, -0.15) is 0 Å². The Morgan fingerprint density at radius 3 is 2.89 bits per heavy atom. The number of rotatable bonds is 2. The maximum atomic E-state index is 6.08. The summed E-state index contributed by atoms with van der Waals surface area (Å²) in [6.45, 7) is 6.72. The summed E-state index contributed by atoms with van der Waals surface area (Å²) in [7, 11) is 0. The van der Waals surface area contributed by atoms with E-state index in [0.29, 0.717) is 17.3 Å². The lowest BCUT2D eigenvalue weighted by atomic mass is 9.92. The van der Waals surface area contributed by atoms with Crippen molar-refractivity contribution in [2.24, 2.45) is 5.41 Å². The molecule has 0 radical (unpaired) electrons. The van der Waals surface area contributed by atoms with Gasteiger partial charge in [-0.1, -0.05) is 13.8 Å². The number of aryl methyl sites for hydroxylation is 1. The molecule has 1 saturated carbocycles. The Labute approximate surface area is 119 Å². The summed E-state index contributed by atoms with van der Waals surface area (Å²) < 4.78 is 2.27. The quantitative estimate of drug-likeness (QED) is 0.769. The van der Waals surface area contributed by atoms with Gasteiger partial charge in [-0.05, 0) is 43.2 Å². The van der Waals surface area contributed by atoms with Crippen molar-refractivity contribution in [2.45, 2.75) is 52.0 Å². The summed E-state index contributed by atoms with van der Waals surface area (Å²) in [6.07, 6.45) is 5.54. The van der Waals surface area contributed by atoms with Gasteiger partial charge in [0, 0.05) is 12.2 Å². The van der Waals surface area contributed by atoms with Gasteiger partial charge in [-0.15, -0.1) is 11.6 Å². The van der Waals surface area contributed by atoms with Crippen LogP contribution in [0.25, 0.3) is 11.2 Å². The molecular formula is C15H20ClN3. The smallest absolute Gasteiger partial charge is 0.160 e. The van der Waals surface area contributed by atoms with Crippen LogP contribution in [-0.2, 0) is 5.88 Å². The molecule has 4 heteroatoms. The Balaban J connectivity index is 2.11. The fourth-order valence-corrected chi connectivity index (χ4v) is 3.42. The molecule has 2 aromatic heterocycles. The molecular weight excluding hydrogens is 258 g/mol. The molecule has 0 spiro atoms. The predicted octanol–water partition coefficient (Wildman–Crippen LogP) is 4.23. The summed E-state index contributed by atoms with van der Waals surface area (Å²) in [5, 5.41) is 0. The zero-order valence-electron chi connectivity index (χ0n) is 11.8. The molecule has 2 heterocycles. The van der Waals surface area contributed by atoms with E-state index in [0.717, 1.165) is 22.6 Å². The van der Waals surface area contributed by atoms with E-state index in [1.54, 1.807) is 0 Å². The Bertz CT molecular complexity index is 615. The number of halogens is 1. The van der Waals surface area contributed by atoms with Crippen molar-refractivity contribution in [3.8, 4) is 0 Å². The summed E-state index contributed by atoms with van der Waals surface area (Å²) >= 11 is 6.08. The summed E-state index contributed by atoms with van der Waals surface area (Å²) in [5.74, 6) is 1.41. The van der Waals surface area contributed by atoms with Crippen LogP contribution >= 0.6 is 11.6 Å². The van der Waals surface area contributed by atoms with Crippen LogP contribution in [0, 0.1) is 12.3 Å². The third-order valence-corrected chi connectivity index (χ3v) is 4.41. The van der Waals surface area contributed by atoms with Crippen LogP contribution in [0.4, 0.5) is 0 Å². The topological polar surface area (TPSA) is 30.7 Å². The predicted molar refractivity (Wildman–Crippen MR) is 78.5 cm³/mol. The monoisotopic (exact) mass is 277 g/mol. The van der Waals surface area contributed by atoms with E-state index in [9.17, 15) is 0 Å². The summed E-state index contributed by atoms with van der Waals surface area (Å²) in [6, 6.07) is 2.58. The van der Waals surface area contributed by atoms with E-state index in [1.165, 1.54) is 19.3 Å². The van der Waals surface area contributed by atoms with Gasteiger partial charge in [0.15, 0.2) is 5.65 Å². The third kappa shape index (κ3) is 2.25. The molecule has 0 amide bonds. The van der Waals surface area contributed by atoms with E-state index < -0.39 is 0 Å². The van der Waals surface area contributed by atoms with Crippen molar-refractivity contribution in [2.75, 3.05) is 0 Å². The standard InChI is InChI=1S/C15H20ClN3/c1-10-6-12-14(17-9-10)19(13(8-16)18-12)11-4-5-15(2,3)7-11/h6,9,11H,4-5,7-8H2,1-3H3. The molecule has 2 aromatic rings. The first-order chi connectivity index (χ1) is 9.00. The van der Waals surface area contributed by atoms with Gasteiger partial charge >= 0.3 is 0 Å². The first-order valence-electron chi connectivity index (χ1n) is 6.89. The van der Waals surface area contributed by atoms with Crippen LogP contribution in [0.2, 0.25) is 0 Å². The van der Waals surface area contributed by atoms with Crippen LogP contribution in [0.1, 0.15) is 50.5 Å². The van der Waals surface area contributed by atoms with E-state index in [-0.39, 0.29) is 0 Å². The van der Waals surface area contributed by atoms with Gasteiger partial charge < -0.3 is 4.57 Å². The van der Waals surface area contributed by atoms with E-state index in [1.807, 2.05) is 13.1 Å². The van der Waals surface area contributed by atoms with Crippen molar-refractivity contribution in [3.63, 3.8) is 0 Å². The number of aromatic nitrogens is 3. The lowest BCUT2D eigenvalue weighted by molar-refractivity contribution is 0.359. The molecule has 1 aliphatic rings. The van der Waals surface area contributed by atoms with Crippen molar-refractivity contribution in [1.82, 2.24) is 14.5 Å². The van der Waals surface area contributed by atoms with Gasteiger partial charge in [-0.25, -0.2) is 9.97 Å². The number of hydrogen-bond acceptors (Lipinski definition) is 2. The molecule has 1 unspecified atom stereocenters. The summed E-state index contributed by atoms with van der Waals surface area (Å²) in [5.41, 5.74) is 3.52. The molecule has 19 heavy (non-hydrogen) atoms. The molecule has 1 fully saturated rings. The minimum Gasteiger partial charge on any atom is -0.309 e. The average molecular weight is 278 g/mol. The minimum atomic E-state index is 0.412. The first kappa shape index (κ1) is 12.9. The molecule has 102 valence electrons. The third-order valence-electron chi connectivity index (χ3n) is 4.17. The van der Waals surface area contributed by atoms with Crippen LogP contribution < -0.4 is 0 Å². The molecule has 3 rings (SSSR count). The van der Waals surface area contributed by atoms with Crippen molar-refractivity contribution < 1.29 is 0 Å². The molecule has 0 bridgehead atoms. The Kier molecular flexibility index (Phi) is 3.05. The number of hydrogen-bond donors (Lipinski definition) is 0. The Hall–Kier alpha value is -1.09. The average Bonchev–Trinajstić information content (AvgIpc) is 2.88. The largest absolute Gasteiger partial charge is 0.309 e. The highest BCUT2D eigenvalue weighted by Crippen LogP contribution is 2.44. The Morgan fingerprint density at radius 2 is 2.26 bits per heavy atom. The van der Waals surface area contributed by atoms with E-state index in [4.69, 9.17) is 11.6 Å². The number of fused-ring (bicyclic) bond motifs is 1. The first-order valence-corrected chi connectivity index (χ1v) is 7.43.